The summed E-state index contributed by atoms with van der Waals surface area (Å²) in [6, 6.07) is 5.07. The number of carbonyl (C=O) groups is 1. The van der Waals surface area contributed by atoms with Gasteiger partial charge in [-0.25, -0.2) is 5.48 Å². The number of hydrogen-bond acceptors (Lipinski definition) is 5. The minimum Gasteiger partial charge on any atom is -0.344 e. The van der Waals surface area contributed by atoms with Gasteiger partial charge in [-0.2, -0.15) is 8.42 Å². The van der Waals surface area contributed by atoms with Crippen molar-refractivity contribution < 1.29 is 22.6 Å². The topological polar surface area (TPSA) is 92.7 Å². The third-order valence-electron chi connectivity index (χ3n) is 1.46. The van der Waals surface area contributed by atoms with Crippen LogP contribution in [0, 0.1) is 0 Å². The van der Waals surface area contributed by atoms with Crippen LogP contribution in [0.15, 0.2) is 29.2 Å². The number of rotatable bonds is 3. The second kappa shape index (κ2) is 4.28. The summed E-state index contributed by atoms with van der Waals surface area (Å²) in [7, 11) is -4.19. The molecule has 0 saturated heterocycles. The van der Waals surface area contributed by atoms with Crippen molar-refractivity contribution in [1.29, 1.82) is 0 Å². The minimum atomic E-state index is -4.19. The molecule has 0 spiro atoms. The Bertz CT molecular complexity index is 450. The molecule has 0 aliphatic carbocycles. The molecule has 0 aliphatic rings. The van der Waals surface area contributed by atoms with Crippen LogP contribution in [0.3, 0.4) is 0 Å². The van der Waals surface area contributed by atoms with Crippen molar-refractivity contribution in [3.63, 3.8) is 0 Å². The van der Waals surface area contributed by atoms with Crippen LogP contribution in [0.1, 0.15) is 6.92 Å². The molecule has 0 aliphatic heterocycles. The zero-order valence-corrected chi connectivity index (χ0v) is 8.61. The molecule has 0 heterocycles. The molecule has 6 nitrogen and oxygen atoms in total. The predicted molar refractivity (Wildman–Crippen MR) is 51.6 cm³/mol. The third-order valence-corrected chi connectivity index (χ3v) is 2.33. The summed E-state index contributed by atoms with van der Waals surface area (Å²) in [6.07, 6.45) is 0. The lowest BCUT2D eigenvalue weighted by Gasteiger charge is -2.04. The van der Waals surface area contributed by atoms with E-state index in [0.717, 1.165) is 0 Å². The summed E-state index contributed by atoms with van der Waals surface area (Å²) in [5.41, 5.74) is 2.70. The van der Waals surface area contributed by atoms with Gasteiger partial charge >= 0.3 is 5.97 Å². The Hall–Kier alpha value is -1.60. The summed E-state index contributed by atoms with van der Waals surface area (Å²) in [6.45, 7) is 1.22. The molecule has 0 radical (unpaired) electrons. The van der Waals surface area contributed by atoms with E-state index in [1.54, 1.807) is 0 Å². The van der Waals surface area contributed by atoms with Crippen molar-refractivity contribution >= 4 is 21.8 Å². The molecule has 1 aromatic rings. The van der Waals surface area contributed by atoms with Crippen molar-refractivity contribution in [3.05, 3.63) is 24.3 Å². The van der Waals surface area contributed by atoms with Gasteiger partial charge in [0.1, 0.15) is 0 Å². The van der Waals surface area contributed by atoms with Gasteiger partial charge in [0.25, 0.3) is 10.1 Å². The van der Waals surface area contributed by atoms with Gasteiger partial charge in [-0.15, -0.1) is 0 Å². The number of nitrogens with one attached hydrogen (secondary N) is 1. The first-order valence-corrected chi connectivity index (χ1v) is 5.34. The standard InChI is InChI=1S/C8H9NO5S/c1-6(10)14-9-7-2-4-8(5-3-7)15(11,12)13/h2-5,9H,1H3,(H,11,12,13). The Morgan fingerprint density at radius 3 is 2.27 bits per heavy atom. The number of carbonyl (C=O) groups excluding carboxylic acids is 1. The molecule has 0 fully saturated rings. The van der Waals surface area contributed by atoms with Crippen LogP contribution in [0.25, 0.3) is 0 Å². The first-order chi connectivity index (χ1) is 6.89. The molecule has 2 N–H and O–H groups in total. The van der Waals surface area contributed by atoms with E-state index in [9.17, 15) is 13.2 Å². The van der Waals surface area contributed by atoms with Crippen molar-refractivity contribution in [2.45, 2.75) is 11.8 Å². The molecule has 0 amide bonds. The molecule has 0 aromatic heterocycles. The highest BCUT2D eigenvalue weighted by Gasteiger charge is 2.08. The normalized spacial score (nSPS) is 10.8. The number of benzene rings is 1. The predicted octanol–water partition coefficient (Wildman–Crippen LogP) is 0.823. The van der Waals surface area contributed by atoms with Gasteiger partial charge in [-0.05, 0) is 24.3 Å². The van der Waals surface area contributed by atoms with E-state index in [2.05, 4.69) is 10.3 Å². The van der Waals surface area contributed by atoms with Crippen LogP contribution in [0.5, 0.6) is 0 Å². The molecule has 15 heavy (non-hydrogen) atoms. The molecule has 82 valence electrons. The van der Waals surface area contributed by atoms with Crippen LogP contribution in [0.2, 0.25) is 0 Å². The second-order valence-electron chi connectivity index (χ2n) is 2.70. The quantitative estimate of drug-likeness (QED) is 0.591. The molecule has 0 atom stereocenters. The Labute approximate surface area is 86.6 Å². The summed E-state index contributed by atoms with van der Waals surface area (Å²) in [5.74, 6) is -0.520. The lowest BCUT2D eigenvalue weighted by Crippen LogP contribution is -2.06. The lowest BCUT2D eigenvalue weighted by atomic mass is 10.3. The maximum Gasteiger partial charge on any atom is 0.329 e. The third kappa shape index (κ3) is 3.56. The number of hydrogen-bond donors (Lipinski definition) is 2. The zero-order valence-electron chi connectivity index (χ0n) is 7.80. The van der Waals surface area contributed by atoms with Crippen molar-refractivity contribution in [3.8, 4) is 0 Å². The summed E-state index contributed by atoms with van der Waals surface area (Å²) in [5, 5.41) is 0. The van der Waals surface area contributed by atoms with Crippen LogP contribution in [0.4, 0.5) is 5.69 Å². The fourth-order valence-corrected chi connectivity index (χ4v) is 1.31. The van der Waals surface area contributed by atoms with Gasteiger partial charge in [0.05, 0.1) is 10.6 Å². The highest BCUT2D eigenvalue weighted by molar-refractivity contribution is 7.85. The average Bonchev–Trinajstić information content (AvgIpc) is 2.14. The van der Waals surface area contributed by atoms with E-state index < -0.39 is 16.1 Å². The summed E-state index contributed by atoms with van der Waals surface area (Å²) >= 11 is 0. The second-order valence-corrected chi connectivity index (χ2v) is 4.12. The van der Waals surface area contributed by atoms with Gasteiger partial charge in [-0.1, -0.05) is 0 Å². The van der Waals surface area contributed by atoms with Crippen LogP contribution >= 0.6 is 0 Å². The van der Waals surface area contributed by atoms with E-state index in [4.69, 9.17) is 4.55 Å². The molecule has 0 unspecified atom stereocenters. The van der Waals surface area contributed by atoms with E-state index in [1.807, 2.05) is 0 Å². The van der Waals surface area contributed by atoms with E-state index in [1.165, 1.54) is 31.2 Å². The SMILES string of the molecule is CC(=O)ONc1ccc(S(=O)(=O)O)cc1. The Morgan fingerprint density at radius 2 is 1.87 bits per heavy atom. The molecular formula is C8H9NO5S. The van der Waals surface area contributed by atoms with Crippen LogP contribution in [-0.4, -0.2) is 18.9 Å². The lowest BCUT2D eigenvalue weighted by molar-refractivity contribution is -0.138. The highest BCUT2D eigenvalue weighted by atomic mass is 32.2. The number of anilines is 1. The van der Waals surface area contributed by atoms with Crippen LogP contribution in [-0.2, 0) is 19.8 Å². The highest BCUT2D eigenvalue weighted by Crippen LogP contribution is 2.13. The molecular weight excluding hydrogens is 222 g/mol. The Balaban J connectivity index is 2.77. The van der Waals surface area contributed by atoms with Crippen molar-refractivity contribution in [2.75, 3.05) is 5.48 Å². The van der Waals surface area contributed by atoms with Crippen molar-refractivity contribution in [1.82, 2.24) is 0 Å². The van der Waals surface area contributed by atoms with Crippen molar-refractivity contribution in [2.24, 2.45) is 0 Å². The molecule has 1 aromatic carbocycles. The monoisotopic (exact) mass is 231 g/mol. The van der Waals surface area contributed by atoms with Gasteiger partial charge in [0.2, 0.25) is 0 Å². The Kier molecular flexibility index (Phi) is 3.28. The van der Waals surface area contributed by atoms with E-state index >= 15 is 0 Å². The van der Waals surface area contributed by atoms with Crippen LogP contribution < -0.4 is 5.48 Å². The maximum atomic E-state index is 10.7. The van der Waals surface area contributed by atoms with Gasteiger partial charge < -0.3 is 4.84 Å². The fourth-order valence-electron chi connectivity index (χ4n) is 0.826. The van der Waals surface area contributed by atoms with Gasteiger partial charge in [0, 0.05) is 6.92 Å². The van der Waals surface area contributed by atoms with Gasteiger partial charge in [0.15, 0.2) is 0 Å². The van der Waals surface area contributed by atoms with E-state index in [-0.39, 0.29) is 4.90 Å². The summed E-state index contributed by atoms with van der Waals surface area (Å²) in [4.78, 5) is 14.6. The first kappa shape index (κ1) is 11.5. The Morgan fingerprint density at radius 1 is 1.33 bits per heavy atom. The maximum absolute atomic E-state index is 10.7. The average molecular weight is 231 g/mol. The molecule has 0 saturated carbocycles. The summed E-state index contributed by atoms with van der Waals surface area (Å²) < 4.78 is 30.0. The largest absolute Gasteiger partial charge is 0.344 e. The molecule has 7 heteroatoms. The minimum absolute atomic E-state index is 0.226. The first-order valence-electron chi connectivity index (χ1n) is 3.90. The van der Waals surface area contributed by atoms with Gasteiger partial charge in [-0.3, -0.25) is 9.35 Å². The zero-order chi connectivity index (χ0) is 11.5. The smallest absolute Gasteiger partial charge is 0.329 e. The fraction of sp³-hybridized carbons (Fsp3) is 0.125. The van der Waals surface area contributed by atoms with E-state index in [0.29, 0.717) is 5.69 Å². The molecule has 0 bridgehead atoms. The molecule has 1 rings (SSSR count).